The number of thiazole rings is 1. The van der Waals surface area contributed by atoms with Crippen LogP contribution in [0.3, 0.4) is 0 Å². The lowest BCUT2D eigenvalue weighted by Crippen LogP contribution is -2.34. The summed E-state index contributed by atoms with van der Waals surface area (Å²) in [5.41, 5.74) is 2.99. The van der Waals surface area contributed by atoms with E-state index in [4.69, 9.17) is 0 Å². The van der Waals surface area contributed by atoms with Crippen LogP contribution in [0.25, 0.3) is 22.3 Å². The summed E-state index contributed by atoms with van der Waals surface area (Å²) in [7, 11) is 5.24. The number of H-pyrrole nitrogens is 1. The highest BCUT2D eigenvalue weighted by molar-refractivity contribution is 7.14. The Morgan fingerprint density at radius 1 is 1.11 bits per heavy atom. The molecule has 0 atom stereocenters. The Hall–Kier alpha value is -3.79. The second kappa shape index (κ2) is 10.3. The van der Waals surface area contributed by atoms with Crippen LogP contribution in [0.2, 0.25) is 0 Å². The van der Waals surface area contributed by atoms with Crippen molar-refractivity contribution in [1.82, 2.24) is 19.9 Å². The maximum Gasteiger partial charge on any atom is 0.280 e. The number of hydrogen-bond donors (Lipinski definition) is 2. The van der Waals surface area contributed by atoms with Gasteiger partial charge in [0.25, 0.3) is 11.5 Å². The molecule has 1 aliphatic rings. The second-order valence-corrected chi connectivity index (χ2v) is 10.4. The van der Waals surface area contributed by atoms with Crippen molar-refractivity contribution in [3.8, 4) is 11.3 Å². The van der Waals surface area contributed by atoms with E-state index in [1.165, 1.54) is 41.6 Å². The van der Waals surface area contributed by atoms with Gasteiger partial charge in [0, 0.05) is 38.1 Å². The molecule has 0 unspecified atom stereocenters. The monoisotopic (exact) mass is 520 g/mol. The molecule has 10 heteroatoms. The normalized spacial score (nSPS) is 14.1. The fourth-order valence-corrected chi connectivity index (χ4v) is 5.50. The number of amides is 1. The fraction of sp³-hybridized carbons (Fsp3) is 0.333. The van der Waals surface area contributed by atoms with Gasteiger partial charge in [-0.15, -0.1) is 11.3 Å². The summed E-state index contributed by atoms with van der Waals surface area (Å²) >= 11 is 1.38. The molecule has 2 aromatic carbocycles. The molecule has 8 nitrogen and oxygen atoms in total. The average molecular weight is 521 g/mol. The van der Waals surface area contributed by atoms with Crippen molar-refractivity contribution in [2.75, 3.05) is 31.4 Å². The first kappa shape index (κ1) is 24.9. The number of carbonyl (C=O) groups excluding carboxylic acids is 1. The Balaban J connectivity index is 1.57. The van der Waals surface area contributed by atoms with Crippen LogP contribution in [0.15, 0.2) is 46.6 Å². The second-order valence-electron chi connectivity index (χ2n) is 9.55. The van der Waals surface area contributed by atoms with Crippen molar-refractivity contribution in [1.29, 1.82) is 0 Å². The molecular weight excluding hydrogens is 491 g/mol. The Bertz CT molecular complexity index is 1510. The van der Waals surface area contributed by atoms with Crippen LogP contribution in [-0.4, -0.2) is 52.9 Å². The largest absolute Gasteiger partial charge is 0.370 e. The number of benzene rings is 2. The third-order valence-electron chi connectivity index (χ3n) is 6.82. The van der Waals surface area contributed by atoms with Crippen molar-refractivity contribution in [2.45, 2.75) is 38.1 Å². The number of nitrogens with zero attached hydrogens (tertiary/aromatic N) is 4. The Labute approximate surface area is 218 Å². The highest BCUT2D eigenvalue weighted by Crippen LogP contribution is 2.37. The summed E-state index contributed by atoms with van der Waals surface area (Å²) in [6.07, 6.45) is 5.77. The molecule has 1 amide bonds. The third-order valence-corrected chi connectivity index (χ3v) is 7.57. The molecule has 0 saturated heterocycles. The van der Waals surface area contributed by atoms with E-state index in [2.05, 4.69) is 32.2 Å². The van der Waals surface area contributed by atoms with Crippen LogP contribution in [0.5, 0.6) is 0 Å². The molecule has 5 rings (SSSR count). The number of fused-ring (bicyclic) bond motifs is 1. The number of aromatic amines is 1. The predicted octanol–water partition coefficient (Wildman–Crippen LogP) is 5.40. The minimum absolute atomic E-state index is 0.140. The first-order valence-electron chi connectivity index (χ1n) is 12.3. The van der Waals surface area contributed by atoms with Gasteiger partial charge < -0.3 is 20.1 Å². The van der Waals surface area contributed by atoms with Crippen LogP contribution < -0.4 is 15.8 Å². The van der Waals surface area contributed by atoms with Gasteiger partial charge in [0.15, 0.2) is 10.8 Å². The third kappa shape index (κ3) is 5.06. The van der Waals surface area contributed by atoms with Gasteiger partial charge in [0.1, 0.15) is 5.82 Å². The van der Waals surface area contributed by atoms with Crippen LogP contribution in [0.4, 0.5) is 20.9 Å². The van der Waals surface area contributed by atoms with E-state index in [0.29, 0.717) is 33.5 Å². The highest BCUT2D eigenvalue weighted by atomic mass is 32.1. The molecule has 0 spiro atoms. The molecule has 37 heavy (non-hydrogen) atoms. The molecule has 1 aliphatic carbocycles. The molecule has 2 aromatic heterocycles. The first-order valence-corrected chi connectivity index (χ1v) is 13.2. The molecule has 2 N–H and O–H groups in total. The number of aromatic nitrogens is 3. The maximum absolute atomic E-state index is 14.3. The van der Waals surface area contributed by atoms with Crippen molar-refractivity contribution in [3.05, 3.63) is 63.6 Å². The molecule has 1 fully saturated rings. The molecule has 4 aromatic rings. The van der Waals surface area contributed by atoms with Gasteiger partial charge in [0.2, 0.25) is 0 Å². The summed E-state index contributed by atoms with van der Waals surface area (Å²) < 4.78 is 14.3. The van der Waals surface area contributed by atoms with Gasteiger partial charge in [0.05, 0.1) is 28.1 Å². The number of hydrogen-bond acceptors (Lipinski definition) is 7. The van der Waals surface area contributed by atoms with E-state index in [1.54, 1.807) is 32.3 Å². The number of anilines is 3. The highest BCUT2D eigenvalue weighted by Gasteiger charge is 2.23. The molecule has 0 bridgehead atoms. The summed E-state index contributed by atoms with van der Waals surface area (Å²) in [5.74, 6) is -0.773. The lowest BCUT2D eigenvalue weighted by atomic mass is 9.94. The van der Waals surface area contributed by atoms with Crippen LogP contribution in [0, 0.1) is 5.82 Å². The lowest BCUT2D eigenvalue weighted by Gasteiger charge is -2.34. The molecular formula is C27H29FN6O2S. The van der Waals surface area contributed by atoms with Crippen LogP contribution >= 0.6 is 11.3 Å². The minimum Gasteiger partial charge on any atom is -0.370 e. The zero-order valence-corrected chi connectivity index (χ0v) is 21.9. The van der Waals surface area contributed by atoms with Crippen LogP contribution in [0.1, 0.15) is 42.6 Å². The van der Waals surface area contributed by atoms with Crippen LogP contribution in [-0.2, 0) is 0 Å². The van der Waals surface area contributed by atoms with E-state index in [-0.39, 0.29) is 11.5 Å². The summed E-state index contributed by atoms with van der Waals surface area (Å²) in [6.45, 7) is 0. The Morgan fingerprint density at radius 2 is 1.86 bits per heavy atom. The average Bonchev–Trinajstić information content (AvgIpc) is 3.36. The van der Waals surface area contributed by atoms with Crippen molar-refractivity contribution < 1.29 is 9.18 Å². The van der Waals surface area contributed by atoms with E-state index in [1.807, 2.05) is 17.5 Å². The molecule has 0 aliphatic heterocycles. The number of carbonyl (C=O) groups is 1. The minimum atomic E-state index is -0.540. The number of nitrogens with one attached hydrogen (secondary N) is 2. The molecule has 192 valence electrons. The van der Waals surface area contributed by atoms with Crippen molar-refractivity contribution in [2.24, 2.45) is 0 Å². The van der Waals surface area contributed by atoms with E-state index in [9.17, 15) is 14.0 Å². The van der Waals surface area contributed by atoms with Gasteiger partial charge in [-0.2, -0.15) is 0 Å². The Morgan fingerprint density at radius 3 is 2.59 bits per heavy atom. The quantitative estimate of drug-likeness (QED) is 0.354. The fourth-order valence-electron chi connectivity index (χ4n) is 4.78. The van der Waals surface area contributed by atoms with Gasteiger partial charge in [-0.1, -0.05) is 31.4 Å². The zero-order chi connectivity index (χ0) is 26.1. The van der Waals surface area contributed by atoms with E-state index >= 15 is 0 Å². The van der Waals surface area contributed by atoms with E-state index < -0.39 is 11.5 Å². The van der Waals surface area contributed by atoms with Gasteiger partial charge in [-0.05, 0) is 37.1 Å². The predicted molar refractivity (Wildman–Crippen MR) is 146 cm³/mol. The molecule has 2 heterocycles. The summed E-state index contributed by atoms with van der Waals surface area (Å²) in [5, 5.41) is 5.80. The number of rotatable bonds is 6. The summed E-state index contributed by atoms with van der Waals surface area (Å²) in [4.78, 5) is 40.6. The van der Waals surface area contributed by atoms with E-state index in [0.717, 1.165) is 24.2 Å². The van der Waals surface area contributed by atoms with Gasteiger partial charge >= 0.3 is 0 Å². The molecule has 0 radical (unpaired) electrons. The topological polar surface area (TPSA) is 94.2 Å². The first-order chi connectivity index (χ1) is 17.8. The van der Waals surface area contributed by atoms with Crippen molar-refractivity contribution in [3.63, 3.8) is 0 Å². The Kier molecular flexibility index (Phi) is 6.92. The maximum atomic E-state index is 14.3. The van der Waals surface area contributed by atoms with Gasteiger partial charge in [-0.3, -0.25) is 9.59 Å². The van der Waals surface area contributed by atoms with Gasteiger partial charge in [-0.25, -0.2) is 14.4 Å². The smallest absolute Gasteiger partial charge is 0.280 e. The lowest BCUT2D eigenvalue weighted by molar-refractivity contribution is 0.0820. The SMILES string of the molecule is CN(C)C(=O)c1nc2cc(N(C)C3CCCCC3)c(Nc3nc(-c4ccccc4F)cs3)cc2[nH]c1=O. The standard InChI is InChI=1S/C27H29FN6O2S/c1-33(2)26(36)24-25(35)30-19-13-21(23(14-20(19)29-24)34(3)16-9-5-4-6-10-16)31-27-32-22(15-37-27)17-11-7-8-12-18(17)28/h7-8,11-16H,4-6,9-10H2,1-3H3,(H,30,35)(H,31,32). The number of halogens is 1. The van der Waals surface area contributed by atoms with Crippen molar-refractivity contribution >= 4 is 44.8 Å². The summed E-state index contributed by atoms with van der Waals surface area (Å²) in [6, 6.07) is 10.6. The zero-order valence-electron chi connectivity index (χ0n) is 21.0. The molecule has 1 saturated carbocycles.